The molecule has 0 radical (unpaired) electrons. The first-order valence-corrected chi connectivity index (χ1v) is 7.64. The molecule has 3 aromatic rings. The first-order chi connectivity index (χ1) is 10.3. The van der Waals surface area contributed by atoms with E-state index in [4.69, 9.17) is 11.6 Å². The molecule has 0 aliphatic rings. The molecule has 2 heteroatoms. The number of hydrogen-bond acceptors (Lipinski definition) is 1. The summed E-state index contributed by atoms with van der Waals surface area (Å²) in [6, 6.07) is 21.1. The van der Waals surface area contributed by atoms with E-state index in [1.807, 2.05) is 0 Å². The molecular weight excluding hydrogens is 278 g/mol. The zero-order valence-corrected chi connectivity index (χ0v) is 12.8. The first-order valence-electron chi connectivity index (χ1n) is 7.27. The third kappa shape index (κ3) is 2.94. The molecule has 0 unspecified atom stereocenters. The minimum absolute atomic E-state index is 0.807. The zero-order valence-electron chi connectivity index (χ0n) is 12.1. The average Bonchev–Trinajstić information content (AvgIpc) is 2.53. The Bertz CT molecular complexity index is 759. The van der Waals surface area contributed by atoms with Crippen LogP contribution in [0, 0.1) is 0 Å². The summed E-state index contributed by atoms with van der Waals surface area (Å²) in [6.07, 6.45) is 0. The lowest BCUT2D eigenvalue weighted by Crippen LogP contribution is -2.11. The van der Waals surface area contributed by atoms with Gasteiger partial charge in [0.2, 0.25) is 0 Å². The molecule has 0 aromatic heterocycles. The Balaban J connectivity index is 2.06. The number of nitrogens with one attached hydrogen (secondary N) is 1. The lowest BCUT2D eigenvalue weighted by Gasteiger charge is -2.10. The molecule has 3 aromatic carbocycles. The molecule has 0 saturated heterocycles. The fourth-order valence-electron chi connectivity index (χ4n) is 2.62. The van der Waals surface area contributed by atoms with Crippen LogP contribution in [0.4, 0.5) is 0 Å². The molecule has 0 aliphatic heterocycles. The van der Waals surface area contributed by atoms with Gasteiger partial charge in [-0.05, 0) is 34.5 Å². The summed E-state index contributed by atoms with van der Waals surface area (Å²) in [4.78, 5) is 0. The van der Waals surface area contributed by atoms with Crippen molar-refractivity contribution in [3.8, 4) is 11.1 Å². The summed E-state index contributed by atoms with van der Waals surface area (Å²) in [5.41, 5.74) is 3.49. The lowest BCUT2D eigenvalue weighted by molar-refractivity contribution is 0.727. The highest BCUT2D eigenvalue weighted by Gasteiger charge is 2.08. The molecule has 106 valence electrons. The minimum atomic E-state index is 0.807. The van der Waals surface area contributed by atoms with Gasteiger partial charge in [-0.2, -0.15) is 0 Å². The van der Waals surface area contributed by atoms with Gasteiger partial charge in [-0.25, -0.2) is 0 Å². The van der Waals surface area contributed by atoms with Crippen LogP contribution in [0.2, 0.25) is 5.02 Å². The summed E-state index contributed by atoms with van der Waals surface area (Å²) < 4.78 is 0. The van der Waals surface area contributed by atoms with Gasteiger partial charge in [-0.15, -0.1) is 0 Å². The van der Waals surface area contributed by atoms with Crippen molar-refractivity contribution in [3.63, 3.8) is 0 Å². The molecule has 1 N–H and O–H groups in total. The summed E-state index contributed by atoms with van der Waals surface area (Å²) >= 11 is 6.52. The largest absolute Gasteiger partial charge is 0.313 e. The molecule has 0 bridgehead atoms. The number of rotatable bonds is 4. The third-order valence-corrected chi connectivity index (χ3v) is 4.01. The maximum absolute atomic E-state index is 6.52. The first kappa shape index (κ1) is 14.1. The Kier molecular flexibility index (Phi) is 4.23. The van der Waals surface area contributed by atoms with Gasteiger partial charge in [0.25, 0.3) is 0 Å². The highest BCUT2D eigenvalue weighted by atomic mass is 35.5. The van der Waals surface area contributed by atoms with Crippen LogP contribution in [-0.2, 0) is 6.54 Å². The van der Waals surface area contributed by atoms with Crippen LogP contribution in [0.3, 0.4) is 0 Å². The van der Waals surface area contributed by atoms with E-state index in [1.165, 1.54) is 21.9 Å². The molecule has 0 atom stereocenters. The van der Waals surface area contributed by atoms with Crippen LogP contribution in [0.25, 0.3) is 21.9 Å². The van der Waals surface area contributed by atoms with E-state index in [9.17, 15) is 0 Å². The van der Waals surface area contributed by atoms with Crippen LogP contribution in [-0.4, -0.2) is 6.54 Å². The molecule has 0 fully saturated rings. The van der Waals surface area contributed by atoms with Crippen LogP contribution in [0.5, 0.6) is 0 Å². The molecule has 0 saturated carbocycles. The van der Waals surface area contributed by atoms with Crippen molar-refractivity contribution >= 4 is 22.4 Å². The van der Waals surface area contributed by atoms with E-state index >= 15 is 0 Å². The molecular formula is C19H18ClN. The zero-order chi connectivity index (χ0) is 14.7. The van der Waals surface area contributed by atoms with Crippen molar-refractivity contribution < 1.29 is 0 Å². The molecule has 0 aliphatic carbocycles. The second-order valence-corrected chi connectivity index (χ2v) is 5.53. The Morgan fingerprint density at radius 3 is 2.52 bits per heavy atom. The van der Waals surface area contributed by atoms with Crippen LogP contribution >= 0.6 is 11.6 Å². The van der Waals surface area contributed by atoms with Crippen molar-refractivity contribution in [2.45, 2.75) is 13.5 Å². The normalized spacial score (nSPS) is 11.0. The monoisotopic (exact) mass is 295 g/mol. The van der Waals surface area contributed by atoms with Crippen molar-refractivity contribution in [1.29, 1.82) is 0 Å². The van der Waals surface area contributed by atoms with Gasteiger partial charge in [0.05, 0.1) is 0 Å². The Morgan fingerprint density at radius 2 is 1.71 bits per heavy atom. The predicted molar refractivity (Wildman–Crippen MR) is 91.8 cm³/mol. The van der Waals surface area contributed by atoms with Crippen molar-refractivity contribution in [2.75, 3.05) is 6.54 Å². The molecule has 1 nitrogen and oxygen atoms in total. The molecule has 3 rings (SSSR count). The quantitative estimate of drug-likeness (QED) is 0.691. The Labute approximate surface area is 130 Å². The summed E-state index contributed by atoms with van der Waals surface area (Å²) in [7, 11) is 0. The topological polar surface area (TPSA) is 12.0 Å². The molecule has 21 heavy (non-hydrogen) atoms. The highest BCUT2D eigenvalue weighted by molar-refractivity contribution is 6.33. The third-order valence-electron chi connectivity index (χ3n) is 3.69. The number of halogens is 1. The lowest BCUT2D eigenvalue weighted by atomic mass is 9.97. The second-order valence-electron chi connectivity index (χ2n) is 5.12. The maximum Gasteiger partial charge on any atom is 0.0487 e. The summed E-state index contributed by atoms with van der Waals surface area (Å²) in [5.74, 6) is 0. The van der Waals surface area contributed by atoms with Crippen LogP contribution < -0.4 is 5.32 Å². The fraction of sp³-hybridized carbons (Fsp3) is 0.158. The van der Waals surface area contributed by atoms with E-state index < -0.39 is 0 Å². The maximum atomic E-state index is 6.52. The summed E-state index contributed by atoms with van der Waals surface area (Å²) in [6.45, 7) is 3.92. The van der Waals surface area contributed by atoms with E-state index in [2.05, 4.69) is 72.9 Å². The summed E-state index contributed by atoms with van der Waals surface area (Å²) in [5, 5.41) is 6.61. The minimum Gasteiger partial charge on any atom is -0.313 e. The van der Waals surface area contributed by atoms with Gasteiger partial charge in [0.15, 0.2) is 0 Å². The number of benzene rings is 3. The second kappa shape index (κ2) is 6.30. The predicted octanol–water partition coefficient (Wildman–Crippen LogP) is 5.27. The van der Waals surface area contributed by atoms with E-state index in [1.54, 1.807) is 0 Å². The standard InChI is InChI=1S/C19H18ClN/c1-2-21-13-14-10-11-18(19(20)12-14)17-9-5-7-15-6-3-4-8-16(15)17/h3-12,21H,2,13H2,1H3. The van der Waals surface area contributed by atoms with Gasteiger partial charge in [0.1, 0.15) is 0 Å². The van der Waals surface area contributed by atoms with Crippen molar-refractivity contribution in [1.82, 2.24) is 5.32 Å². The number of fused-ring (bicyclic) bond motifs is 1. The molecule has 0 heterocycles. The van der Waals surface area contributed by atoms with E-state index in [0.717, 1.165) is 23.7 Å². The highest BCUT2D eigenvalue weighted by Crippen LogP contribution is 2.33. The number of hydrogen-bond donors (Lipinski definition) is 1. The Hall–Kier alpha value is -1.83. The van der Waals surface area contributed by atoms with Crippen molar-refractivity contribution in [2.24, 2.45) is 0 Å². The van der Waals surface area contributed by atoms with E-state index in [0.29, 0.717) is 0 Å². The smallest absolute Gasteiger partial charge is 0.0487 e. The van der Waals surface area contributed by atoms with Gasteiger partial charge in [0, 0.05) is 17.1 Å². The van der Waals surface area contributed by atoms with Gasteiger partial charge in [-0.1, -0.05) is 73.1 Å². The molecule has 0 amide bonds. The van der Waals surface area contributed by atoms with Gasteiger partial charge < -0.3 is 5.32 Å². The van der Waals surface area contributed by atoms with Gasteiger partial charge >= 0.3 is 0 Å². The molecule has 0 spiro atoms. The van der Waals surface area contributed by atoms with Crippen molar-refractivity contribution in [3.05, 3.63) is 71.2 Å². The average molecular weight is 296 g/mol. The van der Waals surface area contributed by atoms with E-state index in [-0.39, 0.29) is 0 Å². The SMILES string of the molecule is CCNCc1ccc(-c2cccc3ccccc23)c(Cl)c1. The fourth-order valence-corrected chi connectivity index (χ4v) is 2.92. The van der Waals surface area contributed by atoms with Crippen LogP contribution in [0.1, 0.15) is 12.5 Å². The van der Waals surface area contributed by atoms with Gasteiger partial charge in [-0.3, -0.25) is 0 Å². The Morgan fingerprint density at radius 1 is 0.905 bits per heavy atom. The van der Waals surface area contributed by atoms with Crippen LogP contribution in [0.15, 0.2) is 60.7 Å².